The third kappa shape index (κ3) is 2.79. The van der Waals surface area contributed by atoms with Crippen molar-refractivity contribution in [1.82, 2.24) is 15.5 Å². The van der Waals surface area contributed by atoms with E-state index in [0.29, 0.717) is 0 Å². The normalized spacial score (nSPS) is 12.6. The molecule has 0 aliphatic heterocycles. The lowest BCUT2D eigenvalue weighted by atomic mass is 9.96. The number of carboxylic acid groups (broad SMARTS) is 1. The maximum absolute atomic E-state index is 12.1. The van der Waals surface area contributed by atoms with E-state index < -0.39 is 11.9 Å². The molecule has 0 fully saturated rings. The Morgan fingerprint density at radius 3 is 2.70 bits per heavy atom. The lowest BCUT2D eigenvalue weighted by molar-refractivity contribution is -0.142. The number of aromatic amines is 1. The molecule has 20 heavy (non-hydrogen) atoms. The molecule has 106 valence electrons. The first-order valence-electron chi connectivity index (χ1n) is 6.44. The first-order valence-corrected chi connectivity index (χ1v) is 6.44. The van der Waals surface area contributed by atoms with Crippen LogP contribution >= 0.6 is 0 Å². The summed E-state index contributed by atoms with van der Waals surface area (Å²) in [6, 6.07) is 7.29. The predicted molar refractivity (Wildman–Crippen MR) is 74.4 cm³/mol. The lowest BCUT2D eigenvalue weighted by Crippen LogP contribution is -2.35. The maximum Gasteiger partial charge on any atom is 0.308 e. The highest BCUT2D eigenvalue weighted by Gasteiger charge is 2.23. The molecule has 6 nitrogen and oxygen atoms in total. The Morgan fingerprint density at radius 1 is 1.35 bits per heavy atom. The van der Waals surface area contributed by atoms with Crippen LogP contribution in [0.2, 0.25) is 0 Å². The molecule has 3 N–H and O–H groups in total. The summed E-state index contributed by atoms with van der Waals surface area (Å²) in [4.78, 5) is 23.2. The van der Waals surface area contributed by atoms with E-state index >= 15 is 0 Å². The number of H-pyrrole nitrogens is 1. The van der Waals surface area contributed by atoms with Crippen molar-refractivity contribution in [1.29, 1.82) is 0 Å². The van der Waals surface area contributed by atoms with E-state index in [1.54, 1.807) is 6.07 Å². The van der Waals surface area contributed by atoms with Crippen molar-refractivity contribution in [2.75, 3.05) is 6.54 Å². The summed E-state index contributed by atoms with van der Waals surface area (Å²) in [7, 11) is 0. The fourth-order valence-electron chi connectivity index (χ4n) is 2.03. The minimum Gasteiger partial charge on any atom is -0.481 e. The molecular weight excluding hydrogens is 258 g/mol. The van der Waals surface area contributed by atoms with Crippen molar-refractivity contribution >= 4 is 22.8 Å². The number of aliphatic carboxylic acids is 1. The molecule has 0 radical (unpaired) electrons. The molecule has 1 aromatic heterocycles. The molecule has 1 aromatic carbocycles. The van der Waals surface area contributed by atoms with Gasteiger partial charge in [-0.25, -0.2) is 0 Å². The number of amides is 1. The van der Waals surface area contributed by atoms with Crippen LogP contribution in [0.15, 0.2) is 24.3 Å². The van der Waals surface area contributed by atoms with Crippen LogP contribution in [0.1, 0.15) is 24.3 Å². The SMILES string of the molecule is CC(C)C(CNC(=O)c1n[nH]c2ccccc12)C(=O)O. The Hall–Kier alpha value is -2.37. The van der Waals surface area contributed by atoms with Gasteiger partial charge in [-0.3, -0.25) is 14.7 Å². The molecule has 0 aliphatic carbocycles. The lowest BCUT2D eigenvalue weighted by Gasteiger charge is -2.16. The summed E-state index contributed by atoms with van der Waals surface area (Å²) in [5, 5.41) is 19.2. The summed E-state index contributed by atoms with van der Waals surface area (Å²) in [5.74, 6) is -1.94. The van der Waals surface area contributed by atoms with E-state index in [-0.39, 0.29) is 24.1 Å². The fourth-order valence-corrected chi connectivity index (χ4v) is 2.03. The Bertz CT molecular complexity index is 633. The van der Waals surface area contributed by atoms with Gasteiger partial charge in [-0.15, -0.1) is 0 Å². The molecule has 1 unspecified atom stereocenters. The van der Waals surface area contributed by atoms with Gasteiger partial charge in [0.05, 0.1) is 11.4 Å². The van der Waals surface area contributed by atoms with Gasteiger partial charge < -0.3 is 10.4 Å². The topological polar surface area (TPSA) is 95.1 Å². The summed E-state index contributed by atoms with van der Waals surface area (Å²) in [5.41, 5.74) is 1.06. The summed E-state index contributed by atoms with van der Waals surface area (Å²) >= 11 is 0. The average molecular weight is 275 g/mol. The standard InChI is InChI=1S/C14H17N3O3/c1-8(2)10(14(19)20)7-15-13(18)12-9-5-3-4-6-11(9)16-17-12/h3-6,8,10H,7H2,1-2H3,(H,15,18)(H,16,17)(H,19,20). The number of para-hydroxylation sites is 1. The zero-order valence-electron chi connectivity index (χ0n) is 11.4. The highest BCUT2D eigenvalue weighted by molar-refractivity contribution is 6.04. The molecule has 0 aliphatic rings. The van der Waals surface area contributed by atoms with Gasteiger partial charge in [0, 0.05) is 11.9 Å². The maximum atomic E-state index is 12.1. The largest absolute Gasteiger partial charge is 0.481 e. The van der Waals surface area contributed by atoms with Crippen molar-refractivity contribution in [3.63, 3.8) is 0 Å². The summed E-state index contributed by atoms with van der Waals surface area (Å²) in [6.07, 6.45) is 0. The van der Waals surface area contributed by atoms with Crippen LogP contribution in [-0.4, -0.2) is 33.7 Å². The van der Waals surface area contributed by atoms with E-state index in [1.807, 2.05) is 32.0 Å². The summed E-state index contributed by atoms with van der Waals surface area (Å²) in [6.45, 7) is 3.72. The first kappa shape index (κ1) is 14.0. The molecule has 1 atom stereocenters. The highest BCUT2D eigenvalue weighted by Crippen LogP contribution is 2.15. The second-order valence-electron chi connectivity index (χ2n) is 5.02. The number of hydrogen-bond donors (Lipinski definition) is 3. The second-order valence-corrected chi connectivity index (χ2v) is 5.02. The predicted octanol–water partition coefficient (Wildman–Crippen LogP) is 1.65. The average Bonchev–Trinajstić information content (AvgIpc) is 2.81. The Labute approximate surface area is 116 Å². The van der Waals surface area contributed by atoms with Crippen molar-refractivity contribution in [2.45, 2.75) is 13.8 Å². The highest BCUT2D eigenvalue weighted by atomic mass is 16.4. The molecule has 2 rings (SSSR count). The number of carboxylic acids is 1. The van der Waals surface area contributed by atoms with E-state index in [4.69, 9.17) is 5.11 Å². The van der Waals surface area contributed by atoms with E-state index in [1.165, 1.54) is 0 Å². The number of carbonyl (C=O) groups is 2. The van der Waals surface area contributed by atoms with Gasteiger partial charge in [0.1, 0.15) is 0 Å². The Balaban J connectivity index is 2.11. The molecule has 1 heterocycles. The van der Waals surface area contributed by atoms with Gasteiger partial charge in [-0.05, 0) is 12.0 Å². The molecular formula is C14H17N3O3. The minimum atomic E-state index is -0.910. The number of benzene rings is 1. The minimum absolute atomic E-state index is 0.0521. The number of carbonyl (C=O) groups excluding carboxylic acids is 1. The molecule has 1 amide bonds. The van der Waals surface area contributed by atoms with Gasteiger partial charge >= 0.3 is 5.97 Å². The molecule has 0 bridgehead atoms. The zero-order chi connectivity index (χ0) is 14.7. The van der Waals surface area contributed by atoms with E-state index in [2.05, 4.69) is 15.5 Å². The quantitative estimate of drug-likeness (QED) is 0.773. The van der Waals surface area contributed by atoms with E-state index in [9.17, 15) is 9.59 Å². The van der Waals surface area contributed by atoms with Gasteiger partial charge in [-0.1, -0.05) is 32.0 Å². The number of hydrogen-bond acceptors (Lipinski definition) is 3. The van der Waals surface area contributed by atoms with Crippen LogP contribution in [-0.2, 0) is 4.79 Å². The van der Waals surface area contributed by atoms with Gasteiger partial charge in [0.2, 0.25) is 0 Å². The second kappa shape index (κ2) is 5.73. The number of fused-ring (bicyclic) bond motifs is 1. The van der Waals surface area contributed by atoms with Crippen LogP contribution < -0.4 is 5.32 Å². The monoisotopic (exact) mass is 275 g/mol. The number of rotatable bonds is 5. The van der Waals surface area contributed by atoms with Crippen molar-refractivity contribution in [2.24, 2.45) is 11.8 Å². The Kier molecular flexibility index (Phi) is 4.02. The Morgan fingerprint density at radius 2 is 2.05 bits per heavy atom. The zero-order valence-corrected chi connectivity index (χ0v) is 11.4. The van der Waals surface area contributed by atoms with Gasteiger partial charge in [-0.2, -0.15) is 5.10 Å². The van der Waals surface area contributed by atoms with Crippen molar-refractivity contribution in [3.8, 4) is 0 Å². The van der Waals surface area contributed by atoms with Crippen LogP contribution in [0.4, 0.5) is 0 Å². The van der Waals surface area contributed by atoms with Crippen molar-refractivity contribution in [3.05, 3.63) is 30.0 Å². The third-order valence-corrected chi connectivity index (χ3v) is 3.29. The van der Waals surface area contributed by atoms with Gasteiger partial charge in [0.15, 0.2) is 5.69 Å². The molecule has 6 heteroatoms. The smallest absolute Gasteiger partial charge is 0.308 e. The fraction of sp³-hybridized carbons (Fsp3) is 0.357. The third-order valence-electron chi connectivity index (χ3n) is 3.29. The van der Waals surface area contributed by atoms with Crippen LogP contribution in [0.3, 0.4) is 0 Å². The number of nitrogens with zero attached hydrogens (tertiary/aromatic N) is 1. The van der Waals surface area contributed by atoms with Crippen LogP contribution in [0.5, 0.6) is 0 Å². The van der Waals surface area contributed by atoms with Gasteiger partial charge in [0.25, 0.3) is 5.91 Å². The van der Waals surface area contributed by atoms with Crippen molar-refractivity contribution < 1.29 is 14.7 Å². The first-order chi connectivity index (χ1) is 9.50. The molecule has 2 aromatic rings. The number of nitrogens with one attached hydrogen (secondary N) is 2. The van der Waals surface area contributed by atoms with Crippen LogP contribution in [0.25, 0.3) is 10.9 Å². The number of aromatic nitrogens is 2. The molecule has 0 spiro atoms. The molecule has 0 saturated heterocycles. The molecule has 0 saturated carbocycles. The van der Waals surface area contributed by atoms with Crippen LogP contribution in [0, 0.1) is 11.8 Å². The summed E-state index contributed by atoms with van der Waals surface area (Å²) < 4.78 is 0. The van der Waals surface area contributed by atoms with E-state index in [0.717, 1.165) is 10.9 Å².